The summed E-state index contributed by atoms with van der Waals surface area (Å²) in [5, 5.41) is 4.86. The monoisotopic (exact) mass is 194 g/mol. The maximum absolute atomic E-state index is 12.2. The zero-order valence-corrected chi connectivity index (χ0v) is 6.21. The van der Waals surface area contributed by atoms with Crippen molar-refractivity contribution in [3.63, 3.8) is 0 Å². The molecule has 6 heteroatoms. The normalized spacial score (nSPS) is 17.4. The van der Waals surface area contributed by atoms with Crippen molar-refractivity contribution < 1.29 is 14.3 Å². The molecule has 0 heterocycles. The average Bonchev–Trinajstić information content (AvgIpc) is 1.65. The van der Waals surface area contributed by atoms with Gasteiger partial charge in [0.2, 0.25) is 0 Å². The molecule has 0 bridgehead atoms. The van der Waals surface area contributed by atoms with Crippen LogP contribution in [-0.4, -0.2) is 21.0 Å². The predicted molar refractivity (Wildman–Crippen MR) is 32.8 cm³/mol. The van der Waals surface area contributed by atoms with Gasteiger partial charge in [-0.25, -0.2) is 9.18 Å². The van der Waals surface area contributed by atoms with Crippen LogP contribution >= 0.6 is 34.8 Å². The molecule has 0 saturated heterocycles. The summed E-state index contributed by atoms with van der Waals surface area (Å²) in [5.74, 6) is -1.89. The molecule has 0 aromatic rings. The fourth-order valence-electron chi connectivity index (χ4n) is 0.0933. The molecule has 1 atom stereocenters. The van der Waals surface area contributed by atoms with E-state index in [0.29, 0.717) is 0 Å². The quantitative estimate of drug-likeness (QED) is 0.682. The molecule has 0 spiro atoms. The van der Waals surface area contributed by atoms with E-state index in [1.165, 1.54) is 0 Å². The summed E-state index contributed by atoms with van der Waals surface area (Å²) < 4.78 is 12.2. The van der Waals surface area contributed by atoms with Crippen LogP contribution in [-0.2, 0) is 4.79 Å². The molecule has 0 aliphatic rings. The standard InChI is InChI=1S/C3H2Cl3FO2/c4-1(5)3(6,7)2(8)9/h1H,(H,8,9). The van der Waals surface area contributed by atoms with E-state index in [2.05, 4.69) is 11.6 Å². The molecule has 0 radical (unpaired) electrons. The van der Waals surface area contributed by atoms with Crippen LogP contribution in [0.1, 0.15) is 0 Å². The molecular weight excluding hydrogens is 193 g/mol. The second-order valence-corrected chi connectivity index (χ2v) is 2.88. The highest BCUT2D eigenvalue weighted by atomic mass is 35.5. The van der Waals surface area contributed by atoms with E-state index in [9.17, 15) is 9.18 Å². The highest BCUT2D eigenvalue weighted by molar-refractivity contribution is 6.52. The number of halogens is 4. The largest absolute Gasteiger partial charge is 0.478 e. The third-order valence-corrected chi connectivity index (χ3v) is 1.76. The summed E-state index contributed by atoms with van der Waals surface area (Å²) in [6.45, 7) is 0. The highest BCUT2D eigenvalue weighted by Crippen LogP contribution is 2.29. The maximum Gasteiger partial charge on any atom is 0.360 e. The van der Waals surface area contributed by atoms with E-state index in [4.69, 9.17) is 28.3 Å². The minimum absolute atomic E-state index is 1.77. The highest BCUT2D eigenvalue weighted by Gasteiger charge is 2.43. The Bertz CT molecular complexity index is 124. The minimum Gasteiger partial charge on any atom is -0.478 e. The van der Waals surface area contributed by atoms with E-state index < -0.39 is 15.9 Å². The van der Waals surface area contributed by atoms with E-state index in [-0.39, 0.29) is 0 Å². The Morgan fingerprint density at radius 1 is 1.67 bits per heavy atom. The molecule has 9 heavy (non-hydrogen) atoms. The van der Waals surface area contributed by atoms with E-state index in [1.807, 2.05) is 0 Å². The van der Waals surface area contributed by atoms with Gasteiger partial charge in [0, 0.05) is 0 Å². The van der Waals surface area contributed by atoms with Crippen LogP contribution in [0.15, 0.2) is 0 Å². The van der Waals surface area contributed by atoms with Crippen molar-refractivity contribution in [2.24, 2.45) is 0 Å². The van der Waals surface area contributed by atoms with Crippen LogP contribution < -0.4 is 0 Å². The summed E-state index contributed by atoms with van der Waals surface area (Å²) in [6, 6.07) is 0. The second-order valence-electron chi connectivity index (χ2n) is 1.23. The van der Waals surface area contributed by atoms with Gasteiger partial charge in [-0.15, -0.1) is 0 Å². The number of carboxylic acids is 1. The number of carbonyl (C=O) groups is 1. The van der Waals surface area contributed by atoms with Crippen LogP contribution in [0.25, 0.3) is 0 Å². The van der Waals surface area contributed by atoms with Crippen molar-refractivity contribution in [1.29, 1.82) is 0 Å². The zero-order chi connectivity index (χ0) is 7.65. The van der Waals surface area contributed by atoms with Crippen molar-refractivity contribution in [1.82, 2.24) is 0 Å². The predicted octanol–water partition coefficient (Wildman–Crippen LogP) is 1.78. The Balaban J connectivity index is 4.19. The van der Waals surface area contributed by atoms with Crippen molar-refractivity contribution in [3.05, 3.63) is 0 Å². The summed E-state index contributed by atoms with van der Waals surface area (Å²) in [7, 11) is 0. The van der Waals surface area contributed by atoms with Gasteiger partial charge in [0.15, 0.2) is 4.84 Å². The fraction of sp³-hybridized carbons (Fsp3) is 0.667. The molecule has 0 fully saturated rings. The van der Waals surface area contributed by atoms with Crippen LogP contribution in [0.5, 0.6) is 0 Å². The van der Waals surface area contributed by atoms with Gasteiger partial charge in [0.05, 0.1) is 0 Å². The Morgan fingerprint density at radius 3 is 2.00 bits per heavy atom. The average molecular weight is 195 g/mol. The Morgan fingerprint density at radius 2 is 2.00 bits per heavy atom. The third-order valence-electron chi connectivity index (χ3n) is 0.559. The van der Waals surface area contributed by atoms with E-state index in [0.717, 1.165) is 0 Å². The second kappa shape index (κ2) is 2.90. The summed E-state index contributed by atoms with van der Waals surface area (Å²) >= 11 is 14.4. The van der Waals surface area contributed by atoms with Crippen molar-refractivity contribution in [2.45, 2.75) is 9.96 Å². The first kappa shape index (κ1) is 9.27. The smallest absolute Gasteiger partial charge is 0.360 e. The van der Waals surface area contributed by atoms with Gasteiger partial charge in [-0.05, 0) is 0 Å². The number of hydrogen-bond donors (Lipinski definition) is 1. The van der Waals surface area contributed by atoms with Gasteiger partial charge >= 0.3 is 11.1 Å². The lowest BCUT2D eigenvalue weighted by molar-refractivity contribution is -0.144. The first-order valence-electron chi connectivity index (χ1n) is 1.78. The molecule has 0 aliphatic carbocycles. The zero-order valence-electron chi connectivity index (χ0n) is 3.94. The Hall–Kier alpha value is 0.270. The van der Waals surface area contributed by atoms with Crippen molar-refractivity contribution in [3.8, 4) is 0 Å². The molecule has 0 aliphatic heterocycles. The van der Waals surface area contributed by atoms with Crippen LogP contribution in [0.4, 0.5) is 4.39 Å². The Labute approximate surface area is 65.5 Å². The lowest BCUT2D eigenvalue weighted by Gasteiger charge is -2.11. The summed E-state index contributed by atoms with van der Waals surface area (Å²) in [6.07, 6.45) is 0. The van der Waals surface area contributed by atoms with Crippen LogP contribution in [0, 0.1) is 0 Å². The van der Waals surface area contributed by atoms with E-state index in [1.54, 1.807) is 0 Å². The van der Waals surface area contributed by atoms with Crippen molar-refractivity contribution >= 4 is 40.8 Å². The minimum atomic E-state index is -3.08. The molecular formula is C3H2Cl3FO2. The first-order chi connectivity index (χ1) is 3.89. The van der Waals surface area contributed by atoms with Crippen LogP contribution in [0.2, 0.25) is 0 Å². The molecule has 0 saturated carbocycles. The molecule has 1 N–H and O–H groups in total. The lowest BCUT2D eigenvalue weighted by atomic mass is 10.4. The van der Waals surface area contributed by atoms with Gasteiger partial charge < -0.3 is 5.11 Å². The molecule has 0 aromatic carbocycles. The molecule has 0 rings (SSSR count). The summed E-state index contributed by atoms with van der Waals surface area (Å²) in [4.78, 5) is 8.02. The Kier molecular flexibility index (Phi) is 2.99. The number of hydrogen-bond acceptors (Lipinski definition) is 1. The summed E-state index contributed by atoms with van der Waals surface area (Å²) in [5.41, 5.74) is 0. The molecule has 0 aromatic heterocycles. The SMILES string of the molecule is O=C(O)C(F)(Cl)C(Cl)Cl. The van der Waals surface area contributed by atoms with Gasteiger partial charge in [-0.2, -0.15) is 0 Å². The number of carboxylic acid groups (broad SMARTS) is 1. The van der Waals surface area contributed by atoms with Crippen molar-refractivity contribution in [2.75, 3.05) is 0 Å². The van der Waals surface area contributed by atoms with Crippen LogP contribution in [0.3, 0.4) is 0 Å². The lowest BCUT2D eigenvalue weighted by Crippen LogP contribution is -2.33. The van der Waals surface area contributed by atoms with Gasteiger partial charge in [0.1, 0.15) is 0 Å². The fourth-order valence-corrected chi connectivity index (χ4v) is 0.280. The molecule has 1 unspecified atom stereocenters. The first-order valence-corrected chi connectivity index (χ1v) is 3.03. The molecule has 54 valence electrons. The molecule has 2 nitrogen and oxygen atoms in total. The molecule has 0 amide bonds. The third kappa shape index (κ3) is 2.16. The van der Waals surface area contributed by atoms with E-state index >= 15 is 0 Å². The van der Waals surface area contributed by atoms with Gasteiger partial charge in [-0.1, -0.05) is 34.8 Å². The number of rotatable bonds is 2. The van der Waals surface area contributed by atoms with Gasteiger partial charge in [-0.3, -0.25) is 0 Å². The number of aliphatic carboxylic acids is 1. The number of alkyl halides is 4. The van der Waals surface area contributed by atoms with Gasteiger partial charge in [0.25, 0.3) is 0 Å². The maximum atomic E-state index is 12.2. The topological polar surface area (TPSA) is 37.3 Å².